The average molecular weight is 1620 g/mol. The van der Waals surface area contributed by atoms with E-state index in [0.717, 1.165) is 0 Å². The van der Waals surface area contributed by atoms with Crippen LogP contribution in [-0.4, -0.2) is 514 Å². The van der Waals surface area contributed by atoms with Crippen molar-refractivity contribution in [2.45, 2.75) is 307 Å². The van der Waals surface area contributed by atoms with Crippen molar-refractivity contribution < 1.29 is 243 Å². The van der Waals surface area contributed by atoms with Gasteiger partial charge in [-0.1, -0.05) is 0 Å². The second kappa shape index (κ2) is 37.7. The summed E-state index contributed by atoms with van der Waals surface area (Å²) < 4.78 is 109. The third-order valence-corrected chi connectivity index (χ3v) is 21.1. The minimum absolute atomic E-state index is 0.687. The topological polar surface area (TPSA) is 791 Å². The van der Waals surface area contributed by atoms with Crippen LogP contribution >= 0.6 is 0 Å². The lowest BCUT2D eigenvalue weighted by atomic mass is 9.94. The Balaban J connectivity index is 0.849. The maximum Gasteiger partial charge on any atom is 0.252 e. The van der Waals surface area contributed by atoms with Crippen LogP contribution in [0.15, 0.2) is 0 Å². The van der Waals surface area contributed by atoms with Crippen molar-refractivity contribution in [1.82, 2.24) is 5.32 Å². The summed E-state index contributed by atoms with van der Waals surface area (Å²) in [4.78, 5) is 13.6. The molecule has 0 aliphatic carbocycles. The summed E-state index contributed by atoms with van der Waals surface area (Å²) in [6.45, 7) is -9.93. The maximum atomic E-state index is 13.6. The molecule has 0 aromatic heterocycles. The van der Waals surface area contributed by atoms with E-state index in [1.807, 2.05) is 0 Å². The van der Waals surface area contributed by atoms with Crippen molar-refractivity contribution in [3.05, 3.63) is 0 Å². The summed E-state index contributed by atoms with van der Waals surface area (Å²) in [6, 6.07) is -1.69. The van der Waals surface area contributed by atoms with Crippen LogP contribution in [0.3, 0.4) is 0 Å². The lowest BCUT2D eigenvalue weighted by Gasteiger charge is -2.50. The van der Waals surface area contributed by atoms with Crippen LogP contribution in [0.25, 0.3) is 0 Å². The molecule has 24 fully saturated rings. The van der Waals surface area contributed by atoms with Crippen LogP contribution < -0.4 is 5.32 Å². The van der Waals surface area contributed by atoms with Crippen molar-refractivity contribution in [3.63, 3.8) is 0 Å². The van der Waals surface area contributed by atoms with Gasteiger partial charge in [-0.25, -0.2) is 0 Å². The number of amides is 1. The van der Waals surface area contributed by atoms with Gasteiger partial charge in [-0.05, 0) is 0 Å². The molecule has 49 atom stereocenters. The van der Waals surface area contributed by atoms with Crippen LogP contribution in [0.1, 0.15) is 6.42 Å². The highest BCUT2D eigenvalue weighted by Crippen LogP contribution is 2.41. The zero-order chi connectivity index (χ0) is 80.1. The van der Waals surface area contributed by atoms with Gasteiger partial charge in [-0.15, -0.1) is 0 Å². The number of carbonyl (C=O) groups excluding carboxylic acids is 1. The van der Waals surface area contributed by atoms with Crippen molar-refractivity contribution in [1.29, 1.82) is 0 Å². The number of aliphatic hydroxyl groups excluding tert-OH is 29. The third-order valence-electron chi connectivity index (χ3n) is 21.1. The Morgan fingerprint density at radius 1 is 0.273 bits per heavy atom. The number of carbonyl (C=O) groups is 1. The van der Waals surface area contributed by atoms with E-state index >= 15 is 0 Å². The molecule has 1 amide bonds. The Morgan fingerprint density at radius 3 is 0.864 bits per heavy atom. The summed E-state index contributed by atoms with van der Waals surface area (Å²) in [6.07, 6.45) is -102. The number of aliphatic hydroxyl groups is 29. The summed E-state index contributed by atoms with van der Waals surface area (Å²) >= 11 is 0. The van der Waals surface area contributed by atoms with Gasteiger partial charge < -0.3 is 243 Å². The van der Waals surface area contributed by atoms with E-state index in [1.165, 1.54) is 0 Å². The lowest BCUT2D eigenvalue weighted by molar-refractivity contribution is -0.399. The first kappa shape index (κ1) is 88.4. The molecule has 50 heteroatoms. The standard InChI is InChI=1S/C60H99NO49/c62-2-13-12(94-53-34(82)24(72)25(73)49(110-53)50(90)61-22-14(3-63)93-51(91)33(81)23(22)71)1-11(70)52(95-13)92-10-21-48-32(80)41(89)60(102-21)108-47-20(9-69)100-58(39(87)30(47)78)106-45-18(7-67)98-56(37(85)28(45)76)104-43-16(5-65)96-54(35(83)26(43)74)103-42-15(4-64)97-55(36(84)27(42)75)105-44-17(6-66)99-57(38(86)29(44)77)107-46-19(8-68)101-59(109-48)40(88)31(46)79/h11-49,51-60,62-89,91H,1-10H2,(H,61,90)/t11-,12+,13-,14-,15-,16-,17-,18-,19-,20-,21-,22-,23+,24+,25+,26-,27-,28-,29-,30-,31-,32-,33-,34-,35-,36-,37-,38-,39-,40-,41-,42-,43-,44-,45-,46-,47-,48-,49+,51+,52+,53+,54-,55-,56-,57-,58?,59-,60-/m1/s1. The molecule has 24 saturated heterocycles. The van der Waals surface area contributed by atoms with Gasteiger partial charge in [0.05, 0.1) is 71.6 Å². The van der Waals surface area contributed by atoms with Gasteiger partial charge in [0.2, 0.25) is 0 Å². The molecule has 50 nitrogen and oxygen atoms in total. The molecule has 110 heavy (non-hydrogen) atoms. The first-order valence-electron chi connectivity index (χ1n) is 35.2. The Bertz CT molecular complexity index is 2840. The predicted octanol–water partition coefficient (Wildman–Crippen LogP) is -21.6. The summed E-state index contributed by atoms with van der Waals surface area (Å²) in [5.74, 6) is -1.36. The Labute approximate surface area is 619 Å². The van der Waals surface area contributed by atoms with E-state index in [2.05, 4.69) is 5.32 Å². The summed E-state index contributed by atoms with van der Waals surface area (Å²) in [5.41, 5.74) is 0. The SMILES string of the molecule is O=C(N[C@H]1[C@H](O)[C@@H](O)[C@@H](O)O[C@@H]1CO)[C@H]1O[C@H](O[C@H]2C[C@@H](O)[C@@H](OC[C@H]3O[C@@H]4O[C@H]5[C@H](O)[C@@H](O)C(O[C@H]6[C@H](O)[C@@H](O)[C@@H](O[C@H]7[C@H](O)[C@@H](O)[C@@H](O[C@H]8[C@H](O)[C@@H](O)[C@@H](O[C@H]9[C@H](O)[C@@H](O)[C@@H](O[C@H]%10[C@H](O)[C@@H](O)[C@@H](O[C@H]3[C@H](O)[C@H]4O)O[C@@H]%10CO)O[C@@H]9CO)O[C@@H]8CO)O[C@@H]7CO)O[C@@H]6CO)O[C@@H]5CO)O[C@@H]2CO)[C@H](O)[C@@H](O)[C@@H]1O. The van der Waals surface area contributed by atoms with Crippen LogP contribution in [0.2, 0.25) is 0 Å². The molecule has 14 bridgehead atoms. The zero-order valence-corrected chi connectivity index (χ0v) is 57.5. The van der Waals surface area contributed by atoms with Gasteiger partial charge >= 0.3 is 0 Å². The van der Waals surface area contributed by atoms with Crippen molar-refractivity contribution in [2.24, 2.45) is 0 Å². The molecule has 0 spiro atoms. The number of rotatable bonds is 15. The molecule has 24 heterocycles. The molecular formula is C60H99NO49. The molecule has 24 aliphatic heterocycles. The summed E-state index contributed by atoms with van der Waals surface area (Å²) in [5, 5.41) is 324. The average Bonchev–Trinajstić information content (AvgIpc) is 0.773. The smallest absolute Gasteiger partial charge is 0.252 e. The van der Waals surface area contributed by atoms with Gasteiger partial charge in [-0.2, -0.15) is 0 Å². The van der Waals surface area contributed by atoms with Crippen LogP contribution in [0, 0.1) is 0 Å². The van der Waals surface area contributed by atoms with Crippen LogP contribution in [-0.2, 0) is 94.8 Å². The van der Waals surface area contributed by atoms with Crippen molar-refractivity contribution in [2.75, 3.05) is 59.5 Å². The quantitative estimate of drug-likeness (QED) is 0.0724. The van der Waals surface area contributed by atoms with E-state index in [-0.39, 0.29) is 0 Å². The lowest BCUT2D eigenvalue weighted by Crippen LogP contribution is -2.68. The second-order valence-corrected chi connectivity index (χ2v) is 28.2. The molecule has 0 radical (unpaired) electrons. The summed E-state index contributed by atoms with van der Waals surface area (Å²) in [7, 11) is 0. The zero-order valence-electron chi connectivity index (χ0n) is 57.5. The van der Waals surface area contributed by atoms with Crippen molar-refractivity contribution in [3.8, 4) is 0 Å². The second-order valence-electron chi connectivity index (χ2n) is 28.2. The van der Waals surface area contributed by atoms with Crippen molar-refractivity contribution >= 4 is 5.91 Å². The Morgan fingerprint density at radius 2 is 0.564 bits per heavy atom. The molecule has 0 saturated carbocycles. The number of ether oxygens (including phenoxy) is 19. The van der Waals surface area contributed by atoms with E-state index in [4.69, 9.17) is 90.0 Å². The number of hydrogen-bond donors (Lipinski definition) is 30. The maximum absolute atomic E-state index is 13.6. The normalized spacial score (nSPS) is 54.3. The van der Waals surface area contributed by atoms with Gasteiger partial charge in [0.1, 0.15) is 220 Å². The van der Waals surface area contributed by atoms with Gasteiger partial charge in [-0.3, -0.25) is 4.79 Å². The van der Waals surface area contributed by atoms with Crippen LogP contribution in [0.4, 0.5) is 0 Å². The molecular weight excluding hydrogens is 1520 g/mol. The fraction of sp³-hybridized carbons (Fsp3) is 0.983. The first-order valence-corrected chi connectivity index (χ1v) is 35.2. The van der Waals surface area contributed by atoms with E-state index < -0.39 is 373 Å². The first-order chi connectivity index (χ1) is 52.3. The fourth-order valence-corrected chi connectivity index (χ4v) is 14.8. The third kappa shape index (κ3) is 17.8. The molecule has 24 rings (SSSR count). The molecule has 638 valence electrons. The highest BCUT2D eigenvalue weighted by Gasteiger charge is 2.61. The largest absolute Gasteiger partial charge is 0.394 e. The van der Waals surface area contributed by atoms with Crippen LogP contribution in [0.5, 0.6) is 0 Å². The fourth-order valence-electron chi connectivity index (χ4n) is 14.8. The molecule has 30 N–H and O–H groups in total. The molecule has 24 aliphatic rings. The Hall–Kier alpha value is -2.45. The molecule has 0 aromatic rings. The van der Waals surface area contributed by atoms with E-state index in [1.54, 1.807) is 0 Å². The highest BCUT2D eigenvalue weighted by atomic mass is 16.8. The Kier molecular flexibility index (Phi) is 30.2. The molecule has 1 unspecified atom stereocenters. The highest BCUT2D eigenvalue weighted by molar-refractivity contribution is 5.82. The molecule has 0 aromatic carbocycles. The number of nitrogens with one attached hydrogen (secondary N) is 1. The van der Waals surface area contributed by atoms with Gasteiger partial charge in [0.15, 0.2) is 69.0 Å². The van der Waals surface area contributed by atoms with Gasteiger partial charge in [0.25, 0.3) is 5.91 Å². The van der Waals surface area contributed by atoms with E-state index in [9.17, 15) is 153 Å². The minimum Gasteiger partial charge on any atom is -0.394 e. The monoisotopic (exact) mass is 1620 g/mol. The van der Waals surface area contributed by atoms with Gasteiger partial charge in [0, 0.05) is 6.42 Å². The minimum atomic E-state index is -2.45. The van der Waals surface area contributed by atoms with E-state index in [0.29, 0.717) is 0 Å². The predicted molar refractivity (Wildman–Crippen MR) is 327 cm³/mol. The number of hydrogen-bond acceptors (Lipinski definition) is 49.